The number of fused-ring (bicyclic) bond motifs is 1. The zero-order chi connectivity index (χ0) is 51.2. The third kappa shape index (κ3) is 10.4. The SMILES string of the molecule is COCCOCCCC(=O)C1CCC(CNc2c(CCC3CCC(C(=O)NCCOCCOC)CC3)c3c4c5c(c(OC)c(O)c6c(=O)cc(CO)c(c7c(CO)cc(=O)c2c74)c65)C(C(C)=O)C(C)=C3)CC1. The van der Waals surface area contributed by atoms with Gasteiger partial charge in [0.1, 0.15) is 11.6 Å². The number of phenols is 1. The number of methoxy groups -OCH3 is 3. The topological polar surface area (TPSA) is 216 Å². The van der Waals surface area contributed by atoms with Gasteiger partial charge in [-0.05, 0) is 152 Å². The molecule has 8 rings (SSSR count). The Kier molecular flexibility index (Phi) is 17.5. The van der Waals surface area contributed by atoms with E-state index in [9.17, 15) is 34.5 Å². The van der Waals surface area contributed by atoms with Gasteiger partial charge >= 0.3 is 0 Å². The molecule has 5 aromatic carbocycles. The Bertz CT molecular complexity index is 2930. The minimum absolute atomic E-state index is 0.0111. The predicted molar refractivity (Wildman–Crippen MR) is 279 cm³/mol. The van der Waals surface area contributed by atoms with Gasteiger partial charge in [0.25, 0.3) is 0 Å². The van der Waals surface area contributed by atoms with Crippen LogP contribution in [-0.4, -0.2) is 107 Å². The van der Waals surface area contributed by atoms with Gasteiger partial charge in [0.2, 0.25) is 5.91 Å². The first-order valence-electron chi connectivity index (χ1n) is 25.9. The summed E-state index contributed by atoms with van der Waals surface area (Å²) in [6.07, 6.45) is 10.8. The third-order valence-electron chi connectivity index (χ3n) is 15.9. The van der Waals surface area contributed by atoms with Crippen molar-refractivity contribution in [3.63, 3.8) is 0 Å². The number of amides is 1. The van der Waals surface area contributed by atoms with Crippen molar-refractivity contribution < 1.29 is 53.4 Å². The number of benzene rings is 5. The first-order chi connectivity index (χ1) is 34.9. The van der Waals surface area contributed by atoms with Crippen LogP contribution in [0.15, 0.2) is 27.3 Å². The van der Waals surface area contributed by atoms with Gasteiger partial charge in [0.05, 0.1) is 70.0 Å². The van der Waals surface area contributed by atoms with Crippen molar-refractivity contribution in [1.29, 1.82) is 0 Å². The molecule has 5 N–H and O–H groups in total. The highest BCUT2D eigenvalue weighted by Crippen LogP contribution is 2.56. The highest BCUT2D eigenvalue weighted by molar-refractivity contribution is 6.39. The van der Waals surface area contributed by atoms with Gasteiger partial charge in [-0.25, -0.2) is 0 Å². The van der Waals surface area contributed by atoms with E-state index in [0.717, 1.165) is 68.9 Å². The van der Waals surface area contributed by atoms with Crippen molar-refractivity contribution in [1.82, 2.24) is 5.32 Å². The normalized spacial score (nSPS) is 20.2. The Morgan fingerprint density at radius 1 is 0.694 bits per heavy atom. The van der Waals surface area contributed by atoms with Crippen molar-refractivity contribution in [2.75, 3.05) is 79.4 Å². The highest BCUT2D eigenvalue weighted by atomic mass is 16.5. The van der Waals surface area contributed by atoms with Crippen molar-refractivity contribution in [3.05, 3.63) is 66.0 Å². The second-order valence-electron chi connectivity index (χ2n) is 20.3. The zero-order valence-electron chi connectivity index (χ0n) is 42.6. The number of carbonyl (C=O) groups is 3. The molecule has 0 heterocycles. The predicted octanol–water partition coefficient (Wildman–Crippen LogP) is 7.43. The molecular formula is C57H72N2O13. The van der Waals surface area contributed by atoms with Crippen LogP contribution in [0.2, 0.25) is 0 Å². The third-order valence-corrected chi connectivity index (χ3v) is 15.9. The molecule has 3 aliphatic carbocycles. The van der Waals surface area contributed by atoms with Crippen LogP contribution in [0.4, 0.5) is 5.69 Å². The Morgan fingerprint density at radius 3 is 1.90 bits per heavy atom. The van der Waals surface area contributed by atoms with Crippen molar-refractivity contribution >= 4 is 72.3 Å². The maximum Gasteiger partial charge on any atom is 0.223 e. The zero-order valence-corrected chi connectivity index (χ0v) is 42.6. The maximum atomic E-state index is 15.0. The number of aromatic hydroxyl groups is 1. The molecule has 2 saturated carbocycles. The molecule has 0 saturated heterocycles. The monoisotopic (exact) mass is 993 g/mol. The van der Waals surface area contributed by atoms with Crippen LogP contribution in [-0.2, 0) is 53.0 Å². The standard InChI is InChI=1S/C57H72N2O13/c1-31-25-40-39(17-12-33-8-15-36(16-9-33)57(67)58-18-20-72-24-22-69-4)54(59-28-34-10-13-35(14-11-34)41(63)7-6-19-71-23-21-68-3)48-42(64)26-37(29-60)45-46-38(30-61)27-43(65)49-51(46)52(47(40)50(45)48)53(44(31)32(2)62)56(70-5)55(49)66/h25-27,33-36,44,59-61,66H,6-24,28-30H2,1-5H3,(H,58,67). The molecule has 0 aromatic heterocycles. The summed E-state index contributed by atoms with van der Waals surface area (Å²) in [5, 5.41) is 44.3. The number of Topliss-reactive ketones (excluding diaryl/α,β-unsaturated/α-hetero) is 2. The first-order valence-corrected chi connectivity index (χ1v) is 25.9. The van der Waals surface area contributed by atoms with E-state index in [1.165, 1.54) is 26.2 Å². The van der Waals surface area contributed by atoms with E-state index in [1.807, 2.05) is 13.0 Å². The second kappa shape index (κ2) is 23.7. The summed E-state index contributed by atoms with van der Waals surface area (Å²) in [5.41, 5.74) is 3.08. The summed E-state index contributed by atoms with van der Waals surface area (Å²) in [7, 11) is 4.64. The van der Waals surface area contributed by atoms with E-state index in [2.05, 4.69) is 10.6 Å². The molecule has 388 valence electrons. The molecule has 0 aliphatic heterocycles. The highest BCUT2D eigenvalue weighted by Gasteiger charge is 2.38. The number of hydrogen-bond donors (Lipinski definition) is 5. The molecule has 15 heteroatoms. The molecule has 0 radical (unpaired) electrons. The average molecular weight is 993 g/mol. The number of ketones is 2. The number of allylic oxidation sites excluding steroid dienone is 1. The first kappa shape index (κ1) is 53.0. The lowest BCUT2D eigenvalue weighted by Gasteiger charge is -2.31. The Morgan fingerprint density at radius 2 is 1.29 bits per heavy atom. The average Bonchev–Trinajstić information content (AvgIpc) is 3.51. The molecule has 0 bridgehead atoms. The molecule has 0 spiro atoms. The molecule has 1 unspecified atom stereocenters. The van der Waals surface area contributed by atoms with E-state index in [0.29, 0.717) is 132 Å². The van der Waals surface area contributed by atoms with E-state index in [-0.39, 0.29) is 63.3 Å². The van der Waals surface area contributed by atoms with Crippen LogP contribution in [0.1, 0.15) is 118 Å². The summed E-state index contributed by atoms with van der Waals surface area (Å²) >= 11 is 0. The number of phenolic OH excluding ortho intramolecular Hbond substituents is 1. The van der Waals surface area contributed by atoms with Gasteiger partial charge in [0, 0.05) is 74.2 Å². The van der Waals surface area contributed by atoms with Crippen molar-refractivity contribution in [2.45, 2.75) is 110 Å². The Balaban J connectivity index is 1.23. The molecular weight excluding hydrogens is 921 g/mol. The van der Waals surface area contributed by atoms with E-state index in [4.69, 9.17) is 23.7 Å². The number of anilines is 1. The smallest absolute Gasteiger partial charge is 0.223 e. The fourth-order valence-electron chi connectivity index (χ4n) is 12.4. The molecule has 5 aromatic rings. The van der Waals surface area contributed by atoms with Crippen molar-refractivity contribution in [2.24, 2.45) is 23.7 Å². The summed E-state index contributed by atoms with van der Waals surface area (Å²) in [4.78, 5) is 69.8. The van der Waals surface area contributed by atoms with Crippen LogP contribution >= 0.6 is 0 Å². The lowest BCUT2D eigenvalue weighted by molar-refractivity contribution is -0.126. The van der Waals surface area contributed by atoms with Gasteiger partial charge in [-0.1, -0.05) is 11.6 Å². The Labute approximate surface area is 420 Å². The molecule has 1 amide bonds. The minimum Gasteiger partial charge on any atom is -0.504 e. The van der Waals surface area contributed by atoms with E-state index in [1.54, 1.807) is 14.2 Å². The Hall–Kier alpha value is -5.29. The summed E-state index contributed by atoms with van der Waals surface area (Å²) in [6.45, 7) is 6.17. The van der Waals surface area contributed by atoms with Gasteiger partial charge < -0.3 is 49.6 Å². The molecule has 72 heavy (non-hydrogen) atoms. The van der Waals surface area contributed by atoms with Crippen LogP contribution in [0.3, 0.4) is 0 Å². The molecule has 1 atom stereocenters. The lowest BCUT2D eigenvalue weighted by Crippen LogP contribution is -2.35. The maximum absolute atomic E-state index is 15.0. The van der Waals surface area contributed by atoms with E-state index >= 15 is 4.79 Å². The van der Waals surface area contributed by atoms with Crippen LogP contribution < -0.4 is 26.2 Å². The fraction of sp³-hybridized carbons (Fsp3) is 0.561. The lowest BCUT2D eigenvalue weighted by atomic mass is 9.77. The van der Waals surface area contributed by atoms with Gasteiger partial charge in [-0.2, -0.15) is 0 Å². The second-order valence-corrected chi connectivity index (χ2v) is 20.3. The molecule has 2 fully saturated rings. The van der Waals surface area contributed by atoms with E-state index < -0.39 is 30.3 Å². The van der Waals surface area contributed by atoms with Crippen molar-refractivity contribution in [3.8, 4) is 11.5 Å². The van der Waals surface area contributed by atoms with Gasteiger partial charge in [-0.15, -0.1) is 0 Å². The number of aliphatic hydroxyl groups excluding tert-OH is 2. The van der Waals surface area contributed by atoms with Crippen LogP contribution in [0.5, 0.6) is 11.5 Å². The number of ether oxygens (including phenoxy) is 5. The number of nitrogens with one attached hydrogen (secondary N) is 2. The number of carbonyl (C=O) groups excluding carboxylic acids is 3. The van der Waals surface area contributed by atoms with Gasteiger partial charge in [-0.3, -0.25) is 24.0 Å². The molecule has 15 nitrogen and oxygen atoms in total. The summed E-state index contributed by atoms with van der Waals surface area (Å²) in [6, 6.07) is 2.73. The quantitative estimate of drug-likeness (QED) is 0.0218. The summed E-state index contributed by atoms with van der Waals surface area (Å²) < 4.78 is 27.2. The summed E-state index contributed by atoms with van der Waals surface area (Å²) in [5.74, 6) is -0.896. The number of aliphatic hydroxyl groups is 2. The number of rotatable bonds is 25. The van der Waals surface area contributed by atoms with Crippen LogP contribution in [0, 0.1) is 23.7 Å². The minimum atomic E-state index is -0.911. The number of hydrogen-bond acceptors (Lipinski definition) is 14. The van der Waals surface area contributed by atoms with Crippen LogP contribution in [0.25, 0.3) is 49.2 Å². The largest absolute Gasteiger partial charge is 0.504 e. The fourth-order valence-corrected chi connectivity index (χ4v) is 12.4. The molecule has 3 aliphatic rings. The van der Waals surface area contributed by atoms with Gasteiger partial charge in [0.15, 0.2) is 22.4 Å².